The van der Waals surface area contributed by atoms with Crippen molar-refractivity contribution in [3.8, 4) is 0 Å². The maximum absolute atomic E-state index is 13.4. The number of ether oxygens (including phenoxy) is 1. The van der Waals surface area contributed by atoms with Crippen LogP contribution in [0.5, 0.6) is 0 Å². The lowest BCUT2D eigenvalue weighted by Gasteiger charge is -2.31. The van der Waals surface area contributed by atoms with Crippen molar-refractivity contribution in [3.63, 3.8) is 0 Å². The summed E-state index contributed by atoms with van der Waals surface area (Å²) in [7, 11) is 0. The number of halogens is 5. The first-order valence-electron chi connectivity index (χ1n) is 4.77. The average Bonchev–Trinajstić information content (AvgIpc) is 2.27. The average molecular weight is 267 g/mol. The molecule has 0 saturated carbocycles. The number of hydrogen-bond donors (Lipinski definition) is 1. The van der Waals surface area contributed by atoms with Gasteiger partial charge in [0.25, 0.3) is 0 Å². The van der Waals surface area contributed by atoms with Crippen LogP contribution in [-0.2, 0) is 4.74 Å². The highest BCUT2D eigenvalue weighted by atomic mass is 19.3. The van der Waals surface area contributed by atoms with Gasteiger partial charge in [-0.05, 0) is 6.07 Å². The van der Waals surface area contributed by atoms with Gasteiger partial charge in [0.2, 0.25) is 0 Å². The van der Waals surface area contributed by atoms with E-state index in [-0.39, 0.29) is 12.1 Å². The third-order valence-corrected chi connectivity index (χ3v) is 2.43. The van der Waals surface area contributed by atoms with Gasteiger partial charge in [-0.25, -0.2) is 26.7 Å². The van der Waals surface area contributed by atoms with Crippen LogP contribution in [0.4, 0.5) is 26.7 Å². The molecule has 1 heterocycles. The van der Waals surface area contributed by atoms with Gasteiger partial charge in [-0.2, -0.15) is 0 Å². The number of rotatable bonds is 1. The third-order valence-electron chi connectivity index (χ3n) is 2.43. The standard InChI is InChI=1S/C10H6F5NO2/c11-5-2-7(13)6(12)1-4(5)8-10(14,15)3-18-9(17)16-8/h1-2,8H,3H2,(H,16,17)/t8-/m1/s1. The summed E-state index contributed by atoms with van der Waals surface area (Å²) >= 11 is 0. The molecule has 0 bridgehead atoms. The molecule has 3 nitrogen and oxygen atoms in total. The summed E-state index contributed by atoms with van der Waals surface area (Å²) in [6.45, 7) is -1.26. The van der Waals surface area contributed by atoms with E-state index in [1.54, 1.807) is 5.32 Å². The second-order valence-electron chi connectivity index (χ2n) is 3.70. The highest BCUT2D eigenvalue weighted by molar-refractivity contribution is 5.69. The maximum Gasteiger partial charge on any atom is 0.408 e. The lowest BCUT2D eigenvalue weighted by molar-refractivity contribution is -0.105. The fraction of sp³-hybridized carbons (Fsp3) is 0.300. The second kappa shape index (κ2) is 4.11. The fourth-order valence-corrected chi connectivity index (χ4v) is 1.57. The van der Waals surface area contributed by atoms with Crippen molar-refractivity contribution in [1.29, 1.82) is 0 Å². The van der Waals surface area contributed by atoms with E-state index in [1.165, 1.54) is 0 Å². The molecule has 18 heavy (non-hydrogen) atoms. The molecule has 2 rings (SSSR count). The Labute approximate surface area is 97.5 Å². The lowest BCUT2D eigenvalue weighted by atomic mass is 9.99. The topological polar surface area (TPSA) is 38.3 Å². The summed E-state index contributed by atoms with van der Waals surface area (Å²) in [6.07, 6.45) is -1.19. The van der Waals surface area contributed by atoms with Crippen LogP contribution < -0.4 is 5.32 Å². The van der Waals surface area contributed by atoms with Gasteiger partial charge in [0.15, 0.2) is 18.2 Å². The number of carbonyl (C=O) groups is 1. The van der Waals surface area contributed by atoms with E-state index >= 15 is 0 Å². The van der Waals surface area contributed by atoms with E-state index in [0.717, 1.165) is 0 Å². The molecule has 1 aliphatic rings. The zero-order valence-electron chi connectivity index (χ0n) is 8.65. The Hall–Kier alpha value is -1.86. The molecular weight excluding hydrogens is 261 g/mol. The SMILES string of the molecule is O=C1N[C@H](c2cc(F)c(F)cc2F)C(F)(F)CO1. The van der Waals surface area contributed by atoms with Crippen molar-refractivity contribution < 1.29 is 31.5 Å². The van der Waals surface area contributed by atoms with E-state index in [2.05, 4.69) is 4.74 Å². The van der Waals surface area contributed by atoms with E-state index in [1.807, 2.05) is 0 Å². The first-order chi connectivity index (χ1) is 8.31. The molecule has 8 heteroatoms. The molecule has 0 radical (unpaired) electrons. The van der Waals surface area contributed by atoms with Crippen molar-refractivity contribution >= 4 is 6.09 Å². The van der Waals surface area contributed by atoms with E-state index < -0.39 is 47.7 Å². The van der Waals surface area contributed by atoms with Gasteiger partial charge in [-0.15, -0.1) is 0 Å². The van der Waals surface area contributed by atoms with Gasteiger partial charge >= 0.3 is 12.0 Å². The molecule has 0 aliphatic carbocycles. The summed E-state index contributed by atoms with van der Waals surface area (Å²) < 4.78 is 69.9. The molecule has 98 valence electrons. The van der Waals surface area contributed by atoms with Crippen LogP contribution in [0.3, 0.4) is 0 Å². The van der Waals surface area contributed by atoms with Gasteiger partial charge in [-0.1, -0.05) is 0 Å². The zero-order chi connectivity index (χ0) is 13.5. The molecule has 1 N–H and O–H groups in total. The largest absolute Gasteiger partial charge is 0.443 e. The predicted octanol–water partition coefficient (Wildman–Crippen LogP) is 2.52. The van der Waals surface area contributed by atoms with Gasteiger partial charge in [0, 0.05) is 11.6 Å². The van der Waals surface area contributed by atoms with Crippen LogP contribution in [0.25, 0.3) is 0 Å². The summed E-state index contributed by atoms with van der Waals surface area (Å²) in [5.74, 6) is -7.99. The highest BCUT2D eigenvalue weighted by Crippen LogP contribution is 2.36. The summed E-state index contributed by atoms with van der Waals surface area (Å²) in [5, 5.41) is 1.67. The van der Waals surface area contributed by atoms with Crippen LogP contribution in [0, 0.1) is 17.5 Å². The predicted molar refractivity (Wildman–Crippen MR) is 48.5 cm³/mol. The molecule has 1 fully saturated rings. The van der Waals surface area contributed by atoms with Crippen molar-refractivity contribution in [2.24, 2.45) is 0 Å². The minimum Gasteiger partial charge on any atom is -0.443 e. The Morgan fingerprint density at radius 2 is 1.78 bits per heavy atom. The smallest absolute Gasteiger partial charge is 0.408 e. The minimum absolute atomic E-state index is 0.141. The van der Waals surface area contributed by atoms with Crippen molar-refractivity contribution in [3.05, 3.63) is 35.1 Å². The van der Waals surface area contributed by atoms with E-state index in [9.17, 15) is 26.7 Å². The van der Waals surface area contributed by atoms with Crippen molar-refractivity contribution in [2.45, 2.75) is 12.0 Å². The van der Waals surface area contributed by atoms with Gasteiger partial charge in [0.05, 0.1) is 0 Å². The van der Waals surface area contributed by atoms with Gasteiger partial charge in [0.1, 0.15) is 11.9 Å². The zero-order valence-corrected chi connectivity index (χ0v) is 8.65. The maximum atomic E-state index is 13.4. The molecule has 0 spiro atoms. The summed E-state index contributed by atoms with van der Waals surface area (Å²) in [4.78, 5) is 10.8. The Kier molecular flexibility index (Phi) is 2.88. The van der Waals surface area contributed by atoms with Crippen LogP contribution in [0.1, 0.15) is 11.6 Å². The molecule has 1 aromatic rings. The Balaban J connectivity index is 2.46. The summed E-state index contributed by atoms with van der Waals surface area (Å²) in [6, 6.07) is -1.68. The number of alkyl halides is 2. The number of amides is 1. The molecule has 1 aromatic carbocycles. The van der Waals surface area contributed by atoms with Gasteiger partial charge in [-0.3, -0.25) is 0 Å². The van der Waals surface area contributed by atoms with Crippen LogP contribution in [0.15, 0.2) is 12.1 Å². The second-order valence-corrected chi connectivity index (χ2v) is 3.70. The highest BCUT2D eigenvalue weighted by Gasteiger charge is 2.48. The minimum atomic E-state index is -3.63. The number of cyclic esters (lactones) is 1. The van der Waals surface area contributed by atoms with Crippen molar-refractivity contribution in [2.75, 3.05) is 6.61 Å². The monoisotopic (exact) mass is 267 g/mol. The van der Waals surface area contributed by atoms with Crippen LogP contribution >= 0.6 is 0 Å². The van der Waals surface area contributed by atoms with E-state index in [0.29, 0.717) is 0 Å². The Morgan fingerprint density at radius 3 is 2.44 bits per heavy atom. The molecule has 1 saturated heterocycles. The first kappa shape index (κ1) is 12.6. The summed E-state index contributed by atoms with van der Waals surface area (Å²) in [5.41, 5.74) is -0.837. The number of benzene rings is 1. The fourth-order valence-electron chi connectivity index (χ4n) is 1.57. The van der Waals surface area contributed by atoms with Gasteiger partial charge < -0.3 is 10.1 Å². The normalized spacial score (nSPS) is 22.3. The number of carbonyl (C=O) groups excluding carboxylic acids is 1. The number of hydrogen-bond acceptors (Lipinski definition) is 2. The molecular formula is C10H6F5NO2. The van der Waals surface area contributed by atoms with Crippen LogP contribution in [0.2, 0.25) is 0 Å². The van der Waals surface area contributed by atoms with Crippen LogP contribution in [-0.4, -0.2) is 18.6 Å². The number of alkyl carbamates (subject to hydrolysis) is 1. The molecule has 0 aromatic heterocycles. The molecule has 1 atom stereocenters. The molecule has 0 unspecified atom stereocenters. The molecule has 1 amide bonds. The Morgan fingerprint density at radius 1 is 1.17 bits per heavy atom. The Bertz CT molecular complexity index is 505. The quantitative estimate of drug-likeness (QED) is 0.627. The molecule has 1 aliphatic heterocycles. The number of nitrogens with one attached hydrogen (secondary N) is 1. The lowest BCUT2D eigenvalue weighted by Crippen LogP contribution is -2.50. The van der Waals surface area contributed by atoms with E-state index in [4.69, 9.17) is 0 Å². The first-order valence-corrected chi connectivity index (χ1v) is 4.77. The van der Waals surface area contributed by atoms with Crippen molar-refractivity contribution in [1.82, 2.24) is 5.32 Å². The third kappa shape index (κ3) is 2.09.